The zero-order valence-corrected chi connectivity index (χ0v) is 41.4. The molecule has 68 heavy (non-hydrogen) atoms. The van der Waals surface area contributed by atoms with E-state index in [0.717, 1.165) is 68.8 Å². The maximum absolute atomic E-state index is 14.4. The Labute approximate surface area is 404 Å². The molecule has 2 N–H and O–H groups in total. The lowest BCUT2D eigenvalue weighted by atomic mass is 9.72. The number of hydrogen-bond donors (Lipinski definition) is 2. The van der Waals surface area contributed by atoms with Crippen LogP contribution in [-0.2, 0) is 39.0 Å². The molecular formula is C47H56ClF6N7O4S3. The van der Waals surface area contributed by atoms with Gasteiger partial charge in [-0.1, -0.05) is 61.4 Å². The molecule has 1 saturated heterocycles. The molecule has 3 heterocycles. The first-order valence-corrected chi connectivity index (χ1v) is 26.7. The first kappa shape index (κ1) is 51.9. The Morgan fingerprint density at radius 3 is 2.25 bits per heavy atom. The van der Waals surface area contributed by atoms with Gasteiger partial charge in [0.15, 0.2) is 0 Å². The van der Waals surface area contributed by atoms with Crippen LogP contribution in [0.15, 0.2) is 93.1 Å². The first-order chi connectivity index (χ1) is 31.9. The first-order valence-electron chi connectivity index (χ1n) is 22.4. The summed E-state index contributed by atoms with van der Waals surface area (Å²) in [6, 6.07) is 18.7. The fraction of sp³-hybridized carbons (Fsp3) is 0.489. The topological polar surface area (TPSA) is 128 Å². The largest absolute Gasteiger partial charge is 0.501 e. The van der Waals surface area contributed by atoms with Gasteiger partial charge in [0, 0.05) is 53.0 Å². The normalized spacial score (nSPS) is 18.4. The van der Waals surface area contributed by atoms with Crippen molar-refractivity contribution in [2.24, 2.45) is 5.41 Å². The van der Waals surface area contributed by atoms with Gasteiger partial charge in [-0.2, -0.15) is 26.3 Å². The highest BCUT2D eigenvalue weighted by Gasteiger charge is 2.49. The van der Waals surface area contributed by atoms with Crippen LogP contribution in [0, 0.1) is 5.41 Å². The van der Waals surface area contributed by atoms with E-state index in [-0.39, 0.29) is 35.7 Å². The molecule has 3 aromatic carbocycles. The number of benzene rings is 3. The van der Waals surface area contributed by atoms with Gasteiger partial charge < -0.3 is 10.2 Å². The van der Waals surface area contributed by atoms with Crippen LogP contribution in [-0.4, -0.2) is 112 Å². The quantitative estimate of drug-likeness (QED) is 0.0823. The zero-order valence-electron chi connectivity index (χ0n) is 38.2. The number of anilines is 2. The molecule has 3 aliphatic rings. The van der Waals surface area contributed by atoms with E-state index in [0.29, 0.717) is 36.4 Å². The number of nitrogens with zero attached hydrogens (tertiary/aromatic N) is 5. The van der Waals surface area contributed by atoms with E-state index in [1.807, 2.05) is 47.4 Å². The summed E-state index contributed by atoms with van der Waals surface area (Å²) in [5.74, 6) is -1.96. The SMILES string of the molecule is CN(C)CCC(CSc1ccccc1)Nc1ccc(S(=O)(=O)Nc2nc(C(F)(F)F)nc3c2CCN(C2CCN(CC4=C(c5ccc(Cl)cc5)CCC(C)(C)C4)CC2)C3)cc1S(=O)(=O)C(F)(F)F. The molecule has 0 radical (unpaired) electrons. The molecule has 0 bridgehead atoms. The summed E-state index contributed by atoms with van der Waals surface area (Å²) in [5, 5.41) is 3.59. The highest BCUT2D eigenvalue weighted by molar-refractivity contribution is 7.99. The fourth-order valence-corrected chi connectivity index (χ4v) is 12.3. The number of alkyl halides is 6. The predicted octanol–water partition coefficient (Wildman–Crippen LogP) is 10.3. The highest BCUT2D eigenvalue weighted by Crippen LogP contribution is 2.44. The lowest BCUT2D eigenvalue weighted by molar-refractivity contribution is -0.145. The third-order valence-corrected chi connectivity index (χ3v) is 17.1. The Hall–Kier alpha value is -3.92. The summed E-state index contributed by atoms with van der Waals surface area (Å²) in [7, 11) is -7.59. The van der Waals surface area contributed by atoms with E-state index in [9.17, 15) is 43.2 Å². The molecule has 0 amide bonds. The molecule has 0 saturated carbocycles. The van der Waals surface area contributed by atoms with E-state index in [2.05, 4.69) is 55.8 Å². The number of fused-ring (bicyclic) bond motifs is 1. The van der Waals surface area contributed by atoms with Gasteiger partial charge in [0.2, 0.25) is 5.82 Å². The number of piperidine rings is 1. The number of aromatic nitrogens is 2. The maximum atomic E-state index is 14.4. The molecule has 1 unspecified atom stereocenters. The van der Waals surface area contributed by atoms with Gasteiger partial charge in [-0.15, -0.1) is 11.8 Å². The highest BCUT2D eigenvalue weighted by atomic mass is 35.5. The summed E-state index contributed by atoms with van der Waals surface area (Å²) >= 11 is 7.59. The Morgan fingerprint density at radius 1 is 0.912 bits per heavy atom. The molecule has 21 heteroatoms. The van der Waals surface area contributed by atoms with Gasteiger partial charge in [0.05, 0.1) is 16.3 Å². The lowest BCUT2D eigenvalue weighted by Crippen LogP contribution is -2.47. The second kappa shape index (κ2) is 20.8. The lowest BCUT2D eigenvalue weighted by Gasteiger charge is -2.42. The van der Waals surface area contributed by atoms with Crippen LogP contribution in [0.5, 0.6) is 0 Å². The molecule has 2 aliphatic heterocycles. The third kappa shape index (κ3) is 12.7. The Morgan fingerprint density at radius 2 is 1.60 bits per heavy atom. The molecule has 370 valence electrons. The van der Waals surface area contributed by atoms with Crippen molar-refractivity contribution in [1.29, 1.82) is 0 Å². The molecule has 1 fully saturated rings. The van der Waals surface area contributed by atoms with Gasteiger partial charge in [-0.25, -0.2) is 26.8 Å². The molecule has 1 atom stereocenters. The van der Waals surface area contributed by atoms with Gasteiger partial charge >= 0.3 is 11.7 Å². The van der Waals surface area contributed by atoms with Crippen molar-refractivity contribution in [3.05, 3.63) is 106 Å². The van der Waals surface area contributed by atoms with Gasteiger partial charge in [-0.05, 0) is 138 Å². The number of allylic oxidation sites excluding steroid dienone is 1. The summed E-state index contributed by atoms with van der Waals surface area (Å²) in [5.41, 5.74) is -2.16. The van der Waals surface area contributed by atoms with Crippen LogP contribution in [0.4, 0.5) is 37.8 Å². The molecule has 1 aromatic heterocycles. The number of sulfone groups is 1. The van der Waals surface area contributed by atoms with Crippen LogP contribution in [0.1, 0.15) is 75.0 Å². The Bertz CT molecular complexity index is 2680. The smallest absolute Gasteiger partial charge is 0.380 e. The predicted molar refractivity (Wildman–Crippen MR) is 255 cm³/mol. The van der Waals surface area contributed by atoms with Crippen molar-refractivity contribution in [3.63, 3.8) is 0 Å². The van der Waals surface area contributed by atoms with Crippen molar-refractivity contribution in [3.8, 4) is 0 Å². The molecule has 4 aromatic rings. The maximum Gasteiger partial charge on any atom is 0.501 e. The summed E-state index contributed by atoms with van der Waals surface area (Å²) < 4.78 is 142. The second-order valence-corrected chi connectivity index (χ2v) is 23.9. The van der Waals surface area contributed by atoms with Crippen molar-refractivity contribution in [1.82, 2.24) is 24.7 Å². The van der Waals surface area contributed by atoms with Crippen LogP contribution < -0.4 is 10.0 Å². The molecular weight excluding hydrogens is 972 g/mol. The minimum atomic E-state index is -6.16. The molecule has 0 spiro atoms. The van der Waals surface area contributed by atoms with E-state index < -0.39 is 64.7 Å². The zero-order chi connectivity index (χ0) is 49.2. The van der Waals surface area contributed by atoms with Crippen molar-refractivity contribution < 1.29 is 43.2 Å². The Balaban J connectivity index is 1.10. The summed E-state index contributed by atoms with van der Waals surface area (Å²) in [6.45, 7) is 7.70. The second-order valence-electron chi connectivity index (χ2n) is 18.7. The number of thioether (sulfide) groups is 1. The summed E-state index contributed by atoms with van der Waals surface area (Å²) in [4.78, 5) is 12.4. The van der Waals surface area contributed by atoms with Crippen LogP contribution in [0.3, 0.4) is 0 Å². The number of likely N-dealkylation sites (tertiary alicyclic amines) is 1. The van der Waals surface area contributed by atoms with E-state index in [1.165, 1.54) is 28.5 Å². The van der Waals surface area contributed by atoms with E-state index in [1.54, 1.807) is 14.1 Å². The number of nitrogens with one attached hydrogen (secondary N) is 2. The van der Waals surface area contributed by atoms with Crippen LogP contribution in [0.2, 0.25) is 5.02 Å². The summed E-state index contributed by atoms with van der Waals surface area (Å²) in [6.07, 6.45) is -0.148. The molecule has 7 rings (SSSR count). The minimum absolute atomic E-state index is 0.0110. The van der Waals surface area contributed by atoms with Crippen LogP contribution >= 0.6 is 23.4 Å². The van der Waals surface area contributed by atoms with Gasteiger partial charge in [-0.3, -0.25) is 14.5 Å². The number of hydrogen-bond acceptors (Lipinski definition) is 11. The number of halogens is 7. The van der Waals surface area contributed by atoms with E-state index >= 15 is 0 Å². The molecule has 11 nitrogen and oxygen atoms in total. The average Bonchev–Trinajstić information content (AvgIpc) is 3.27. The average molecular weight is 1030 g/mol. The van der Waals surface area contributed by atoms with Gasteiger partial charge in [0.1, 0.15) is 10.7 Å². The number of sulfonamides is 1. The van der Waals surface area contributed by atoms with Crippen molar-refractivity contribution in [2.45, 2.75) is 104 Å². The minimum Gasteiger partial charge on any atom is -0.380 e. The van der Waals surface area contributed by atoms with Crippen molar-refractivity contribution in [2.75, 3.05) is 62.6 Å². The van der Waals surface area contributed by atoms with Gasteiger partial charge in [0.25, 0.3) is 19.9 Å². The standard InChI is InChI=1S/C47H56ClF6N7O4S3/c1-45(2)21-16-38(31-10-12-33(48)13-11-31)32(27-45)28-60-23-18-35(19-24-60)61-25-20-39-41(29-61)56-44(46(49,50)51)57-43(39)58-68(64,65)37-14-15-40(42(26-37)67(62,63)47(52,53)54)55-34(17-22-59(3)4)30-66-36-8-6-5-7-9-36/h5-15,26,34-35,55H,16-25,27-30H2,1-4H3,(H,56,57,58). The van der Waals surface area contributed by atoms with E-state index in [4.69, 9.17) is 11.6 Å². The van der Waals surface area contributed by atoms with Crippen molar-refractivity contribution >= 4 is 60.3 Å². The fourth-order valence-electron chi connectivity index (χ4n) is 9.12. The molecule has 1 aliphatic carbocycles. The number of rotatable bonds is 16. The monoisotopic (exact) mass is 1030 g/mol. The van der Waals surface area contributed by atoms with Crippen LogP contribution in [0.25, 0.3) is 5.57 Å². The third-order valence-electron chi connectivity index (χ3n) is 12.8. The Kier molecular flexibility index (Phi) is 15.9.